The van der Waals surface area contributed by atoms with E-state index in [9.17, 15) is 13.2 Å². The molecule has 2 heterocycles. The molecule has 0 unspecified atom stereocenters. The van der Waals surface area contributed by atoms with E-state index >= 15 is 0 Å². The maximum atomic E-state index is 12.8. The summed E-state index contributed by atoms with van der Waals surface area (Å²) in [4.78, 5) is 14.5. The van der Waals surface area contributed by atoms with Crippen molar-refractivity contribution in [3.05, 3.63) is 29.3 Å². The van der Waals surface area contributed by atoms with Gasteiger partial charge in [-0.3, -0.25) is 4.79 Å². The Kier molecular flexibility index (Phi) is 6.39. The van der Waals surface area contributed by atoms with Crippen LogP contribution in [0.25, 0.3) is 5.69 Å². The van der Waals surface area contributed by atoms with Gasteiger partial charge in [-0.2, -0.15) is 4.68 Å². The monoisotopic (exact) mass is 423 g/mol. The van der Waals surface area contributed by atoms with E-state index in [1.54, 1.807) is 9.58 Å². The Morgan fingerprint density at radius 3 is 2.79 bits per heavy atom. The molecule has 1 amide bonds. The van der Waals surface area contributed by atoms with E-state index in [0.29, 0.717) is 18.1 Å². The smallest absolute Gasteiger partial charge is 0.233 e. The highest BCUT2D eigenvalue weighted by molar-refractivity contribution is 7.99. The molecule has 0 radical (unpaired) electrons. The number of aromatic nitrogens is 4. The highest BCUT2D eigenvalue weighted by atomic mass is 32.2. The summed E-state index contributed by atoms with van der Waals surface area (Å²) in [5.74, 6) is 0.304. The van der Waals surface area contributed by atoms with Crippen LogP contribution in [0.5, 0.6) is 0 Å². The topological polar surface area (TPSA) is 98.1 Å². The van der Waals surface area contributed by atoms with Crippen molar-refractivity contribution >= 4 is 27.5 Å². The van der Waals surface area contributed by atoms with Crippen LogP contribution in [0.15, 0.2) is 23.4 Å². The van der Waals surface area contributed by atoms with Crippen molar-refractivity contribution in [2.45, 2.75) is 44.8 Å². The maximum Gasteiger partial charge on any atom is 0.233 e. The molecule has 0 spiro atoms. The third-order valence-electron chi connectivity index (χ3n) is 4.78. The lowest BCUT2D eigenvalue weighted by atomic mass is 10.1. The van der Waals surface area contributed by atoms with E-state index in [1.807, 2.05) is 32.9 Å². The molecule has 0 bridgehead atoms. The summed E-state index contributed by atoms with van der Waals surface area (Å²) in [6.07, 6.45) is 1.30. The summed E-state index contributed by atoms with van der Waals surface area (Å²) in [6.45, 7) is 6.56. The number of sulfone groups is 1. The van der Waals surface area contributed by atoms with E-state index in [-0.39, 0.29) is 29.2 Å². The zero-order valence-corrected chi connectivity index (χ0v) is 18.0. The second-order valence-corrected chi connectivity index (χ2v) is 10.3. The molecule has 1 fully saturated rings. The first-order valence-corrected chi connectivity index (χ1v) is 12.1. The minimum Gasteiger partial charge on any atom is -0.338 e. The second kappa shape index (κ2) is 8.60. The lowest BCUT2D eigenvalue weighted by Crippen LogP contribution is -2.42. The number of carbonyl (C=O) groups is 1. The van der Waals surface area contributed by atoms with Gasteiger partial charge in [0.05, 0.1) is 22.9 Å². The predicted octanol–water partition coefficient (Wildman–Crippen LogP) is 1.80. The summed E-state index contributed by atoms with van der Waals surface area (Å²) >= 11 is 1.27. The summed E-state index contributed by atoms with van der Waals surface area (Å²) < 4.78 is 25.2. The van der Waals surface area contributed by atoms with Gasteiger partial charge in [0.1, 0.15) is 0 Å². The second-order valence-electron chi connectivity index (χ2n) is 7.10. The lowest BCUT2D eigenvalue weighted by molar-refractivity contribution is -0.130. The van der Waals surface area contributed by atoms with E-state index in [1.165, 1.54) is 11.8 Å². The van der Waals surface area contributed by atoms with Gasteiger partial charge in [-0.05, 0) is 48.7 Å². The van der Waals surface area contributed by atoms with Crippen LogP contribution in [0.2, 0.25) is 0 Å². The lowest BCUT2D eigenvalue weighted by Gasteiger charge is -2.27. The zero-order chi connectivity index (χ0) is 20.3. The van der Waals surface area contributed by atoms with Gasteiger partial charge in [0.15, 0.2) is 9.84 Å². The van der Waals surface area contributed by atoms with Crippen LogP contribution in [0.4, 0.5) is 0 Å². The summed E-state index contributed by atoms with van der Waals surface area (Å²) in [7, 11) is -3.04. The molecule has 152 valence electrons. The third-order valence-corrected chi connectivity index (χ3v) is 7.43. The highest BCUT2D eigenvalue weighted by Gasteiger charge is 2.34. The first-order valence-electron chi connectivity index (χ1n) is 9.29. The standard InChI is InChI=1S/C18H25N5O3S2/c1-4-8-22(15-7-9-28(25,26)12-15)17(24)11-27-18-19-20-21-23(18)16-6-5-13(2)10-14(16)3/h5-6,10,15H,4,7-9,11-12H2,1-3H3/t15-/m0/s1. The van der Waals surface area contributed by atoms with Gasteiger partial charge >= 0.3 is 0 Å². The maximum absolute atomic E-state index is 12.8. The number of hydrogen-bond acceptors (Lipinski definition) is 7. The Balaban J connectivity index is 1.71. The number of tetrazole rings is 1. The molecule has 0 aliphatic carbocycles. The average molecular weight is 424 g/mol. The molecular weight excluding hydrogens is 398 g/mol. The van der Waals surface area contributed by atoms with E-state index in [4.69, 9.17) is 0 Å². The molecule has 8 nitrogen and oxygen atoms in total. The molecular formula is C18H25N5O3S2. The summed E-state index contributed by atoms with van der Waals surface area (Å²) in [6, 6.07) is 5.78. The first-order chi connectivity index (χ1) is 13.3. The van der Waals surface area contributed by atoms with Crippen LogP contribution in [0.1, 0.15) is 30.9 Å². The normalized spacial score (nSPS) is 18.3. The van der Waals surface area contributed by atoms with Crippen LogP contribution in [0.3, 0.4) is 0 Å². The first kappa shape index (κ1) is 20.8. The Hall–Kier alpha value is -1.94. The number of hydrogen-bond donors (Lipinski definition) is 0. The number of amides is 1. The van der Waals surface area contributed by atoms with Crippen LogP contribution in [0, 0.1) is 13.8 Å². The fraction of sp³-hybridized carbons (Fsp3) is 0.556. The minimum absolute atomic E-state index is 0.0592. The van der Waals surface area contributed by atoms with E-state index in [2.05, 4.69) is 21.6 Å². The van der Waals surface area contributed by atoms with Gasteiger partial charge in [-0.25, -0.2) is 8.42 Å². The third kappa shape index (κ3) is 4.72. The number of benzene rings is 1. The Morgan fingerprint density at radius 2 is 2.14 bits per heavy atom. The fourth-order valence-corrected chi connectivity index (χ4v) is 5.95. The van der Waals surface area contributed by atoms with Crippen molar-refractivity contribution in [2.24, 2.45) is 0 Å². The fourth-order valence-electron chi connectivity index (χ4n) is 3.45. The van der Waals surface area contributed by atoms with Crippen molar-refractivity contribution in [3.63, 3.8) is 0 Å². The van der Waals surface area contributed by atoms with Crippen molar-refractivity contribution in [3.8, 4) is 5.69 Å². The number of thioether (sulfide) groups is 1. The molecule has 2 aromatic rings. The molecule has 1 saturated heterocycles. The number of aryl methyl sites for hydroxylation is 2. The molecule has 28 heavy (non-hydrogen) atoms. The van der Waals surface area contributed by atoms with Crippen LogP contribution in [-0.4, -0.2) is 69.3 Å². The summed E-state index contributed by atoms with van der Waals surface area (Å²) in [5, 5.41) is 12.4. The average Bonchev–Trinajstić information content (AvgIpc) is 3.23. The van der Waals surface area contributed by atoms with E-state index in [0.717, 1.165) is 23.2 Å². The number of carbonyl (C=O) groups excluding carboxylic acids is 1. The largest absolute Gasteiger partial charge is 0.338 e. The van der Waals surface area contributed by atoms with Gasteiger partial charge in [-0.15, -0.1) is 5.10 Å². The van der Waals surface area contributed by atoms with Gasteiger partial charge in [-0.1, -0.05) is 36.4 Å². The molecule has 1 aromatic heterocycles. The van der Waals surface area contributed by atoms with Crippen molar-refractivity contribution < 1.29 is 13.2 Å². The van der Waals surface area contributed by atoms with Crippen LogP contribution in [-0.2, 0) is 14.6 Å². The van der Waals surface area contributed by atoms with E-state index < -0.39 is 9.84 Å². The van der Waals surface area contributed by atoms with Crippen molar-refractivity contribution in [1.82, 2.24) is 25.1 Å². The molecule has 1 aliphatic rings. The Morgan fingerprint density at radius 1 is 1.36 bits per heavy atom. The molecule has 10 heteroatoms. The molecule has 1 aliphatic heterocycles. The number of rotatable bonds is 7. The molecule has 1 atom stereocenters. The molecule has 3 rings (SSSR count). The minimum atomic E-state index is -3.04. The Labute approximate surface area is 169 Å². The van der Waals surface area contributed by atoms with Crippen molar-refractivity contribution in [1.29, 1.82) is 0 Å². The number of nitrogens with zero attached hydrogens (tertiary/aromatic N) is 5. The predicted molar refractivity (Wildman–Crippen MR) is 108 cm³/mol. The highest BCUT2D eigenvalue weighted by Crippen LogP contribution is 2.23. The molecule has 0 saturated carbocycles. The van der Waals surface area contributed by atoms with Crippen molar-refractivity contribution in [2.75, 3.05) is 23.8 Å². The quantitative estimate of drug-likeness (QED) is 0.626. The zero-order valence-electron chi connectivity index (χ0n) is 16.3. The van der Waals surface area contributed by atoms with Gasteiger partial charge in [0.25, 0.3) is 0 Å². The van der Waals surface area contributed by atoms with Crippen LogP contribution < -0.4 is 0 Å². The van der Waals surface area contributed by atoms with Crippen LogP contribution >= 0.6 is 11.8 Å². The Bertz CT molecular complexity index is 958. The molecule has 0 N–H and O–H groups in total. The summed E-state index contributed by atoms with van der Waals surface area (Å²) in [5.41, 5.74) is 3.07. The van der Waals surface area contributed by atoms with Gasteiger partial charge < -0.3 is 4.90 Å². The van der Waals surface area contributed by atoms with Gasteiger partial charge in [0.2, 0.25) is 11.1 Å². The molecule has 1 aromatic carbocycles. The SMILES string of the molecule is CCCN(C(=O)CSc1nnnn1-c1ccc(C)cc1C)[C@H]1CCS(=O)(=O)C1. The van der Waals surface area contributed by atoms with Gasteiger partial charge in [0, 0.05) is 12.6 Å².